The van der Waals surface area contributed by atoms with Gasteiger partial charge in [0.2, 0.25) is 5.91 Å². The lowest BCUT2D eigenvalue weighted by Gasteiger charge is -2.36. The summed E-state index contributed by atoms with van der Waals surface area (Å²) in [7, 11) is 0. The minimum Gasteiger partial charge on any atom is -0.332 e. The Morgan fingerprint density at radius 3 is 2.58 bits per heavy atom. The van der Waals surface area contributed by atoms with Crippen LogP contribution in [0.25, 0.3) is 0 Å². The van der Waals surface area contributed by atoms with Gasteiger partial charge < -0.3 is 4.90 Å². The van der Waals surface area contributed by atoms with Gasteiger partial charge in [-0.05, 0) is 56.1 Å². The second-order valence-electron chi connectivity index (χ2n) is 6.36. The van der Waals surface area contributed by atoms with E-state index in [0.717, 1.165) is 19.3 Å². The summed E-state index contributed by atoms with van der Waals surface area (Å²) in [6.45, 7) is 0. The molecule has 4 rings (SSSR count). The fourth-order valence-corrected chi connectivity index (χ4v) is 3.50. The molecule has 3 aliphatic carbocycles. The molecule has 2 heteroatoms. The minimum absolute atomic E-state index is 0.356. The number of amides is 1. The van der Waals surface area contributed by atoms with Crippen LogP contribution in [0.5, 0.6) is 0 Å². The third kappa shape index (κ3) is 2.07. The van der Waals surface area contributed by atoms with Gasteiger partial charge in [0.15, 0.2) is 0 Å². The smallest absolute Gasteiger partial charge is 0.226 e. The predicted molar refractivity (Wildman–Crippen MR) is 74.7 cm³/mol. The molecule has 0 N–H and O–H groups in total. The van der Waals surface area contributed by atoms with E-state index in [0.29, 0.717) is 23.9 Å². The summed E-state index contributed by atoms with van der Waals surface area (Å²) in [5.74, 6) is 0.805. The van der Waals surface area contributed by atoms with Crippen LogP contribution in [0, 0.1) is 5.92 Å². The van der Waals surface area contributed by atoms with E-state index in [4.69, 9.17) is 0 Å². The highest BCUT2D eigenvalue weighted by atomic mass is 16.2. The van der Waals surface area contributed by atoms with E-state index in [9.17, 15) is 4.79 Å². The molecule has 0 aliphatic heterocycles. The van der Waals surface area contributed by atoms with Crippen LogP contribution >= 0.6 is 0 Å². The normalized spacial score (nSPS) is 25.8. The standard InChI is InChI=1S/C17H21NO/c19-17(13-8-9-13)18(14-10-11-14)16-7-3-5-12-4-1-2-6-15(12)16/h1-2,4,6,13-14,16H,3,5,7-11H2/t16-/m0/s1. The predicted octanol–water partition coefficient (Wildman–Crippen LogP) is 3.47. The molecule has 1 aromatic carbocycles. The Kier molecular flexibility index (Phi) is 2.64. The molecule has 100 valence electrons. The summed E-state index contributed by atoms with van der Waals surface area (Å²) in [6, 6.07) is 9.66. The summed E-state index contributed by atoms with van der Waals surface area (Å²) in [6.07, 6.45) is 8.25. The van der Waals surface area contributed by atoms with E-state index in [2.05, 4.69) is 29.2 Å². The third-order valence-electron chi connectivity index (χ3n) is 4.79. The lowest BCUT2D eigenvalue weighted by atomic mass is 9.86. The number of aryl methyl sites for hydroxylation is 1. The van der Waals surface area contributed by atoms with Gasteiger partial charge in [-0.2, -0.15) is 0 Å². The number of fused-ring (bicyclic) bond motifs is 1. The molecule has 1 atom stereocenters. The zero-order valence-electron chi connectivity index (χ0n) is 11.3. The summed E-state index contributed by atoms with van der Waals surface area (Å²) in [4.78, 5) is 14.9. The van der Waals surface area contributed by atoms with Crippen LogP contribution in [0.1, 0.15) is 55.7 Å². The molecule has 1 aromatic rings. The number of hydrogen-bond donors (Lipinski definition) is 0. The second kappa shape index (κ2) is 4.36. The van der Waals surface area contributed by atoms with Crippen LogP contribution in [0.3, 0.4) is 0 Å². The van der Waals surface area contributed by atoms with Crippen molar-refractivity contribution < 1.29 is 4.79 Å². The molecule has 3 aliphatic rings. The van der Waals surface area contributed by atoms with Gasteiger partial charge >= 0.3 is 0 Å². The van der Waals surface area contributed by atoms with E-state index in [1.165, 1.54) is 36.8 Å². The summed E-state index contributed by atoms with van der Waals surface area (Å²) in [5.41, 5.74) is 2.89. The largest absolute Gasteiger partial charge is 0.332 e. The van der Waals surface area contributed by atoms with Gasteiger partial charge in [0.1, 0.15) is 0 Å². The second-order valence-corrected chi connectivity index (χ2v) is 6.36. The van der Waals surface area contributed by atoms with Gasteiger partial charge in [-0.3, -0.25) is 4.79 Å². The molecule has 2 nitrogen and oxygen atoms in total. The molecule has 0 spiro atoms. The fraction of sp³-hybridized carbons (Fsp3) is 0.588. The molecule has 0 unspecified atom stereocenters. The highest BCUT2D eigenvalue weighted by Crippen LogP contribution is 2.44. The van der Waals surface area contributed by atoms with E-state index < -0.39 is 0 Å². The Labute approximate surface area is 114 Å². The average molecular weight is 255 g/mol. The number of carbonyl (C=O) groups excluding carboxylic acids is 1. The Morgan fingerprint density at radius 2 is 1.84 bits per heavy atom. The van der Waals surface area contributed by atoms with E-state index in [1.54, 1.807) is 0 Å². The molecule has 19 heavy (non-hydrogen) atoms. The van der Waals surface area contributed by atoms with Crippen LogP contribution in [-0.2, 0) is 11.2 Å². The van der Waals surface area contributed by atoms with Crippen LogP contribution in [0.2, 0.25) is 0 Å². The molecule has 1 amide bonds. The molecule has 2 fully saturated rings. The number of carbonyl (C=O) groups is 1. The van der Waals surface area contributed by atoms with Gasteiger partial charge in [0.05, 0.1) is 6.04 Å². The zero-order valence-corrected chi connectivity index (χ0v) is 11.3. The summed E-state index contributed by atoms with van der Waals surface area (Å²) in [5, 5.41) is 0. The first-order valence-electron chi connectivity index (χ1n) is 7.74. The summed E-state index contributed by atoms with van der Waals surface area (Å²) < 4.78 is 0. The lowest BCUT2D eigenvalue weighted by Crippen LogP contribution is -2.39. The van der Waals surface area contributed by atoms with Crippen LogP contribution < -0.4 is 0 Å². The van der Waals surface area contributed by atoms with Crippen molar-refractivity contribution in [1.82, 2.24) is 4.90 Å². The summed E-state index contributed by atoms with van der Waals surface area (Å²) >= 11 is 0. The topological polar surface area (TPSA) is 20.3 Å². The van der Waals surface area contributed by atoms with E-state index >= 15 is 0 Å². The third-order valence-corrected chi connectivity index (χ3v) is 4.79. The number of rotatable bonds is 3. The van der Waals surface area contributed by atoms with Crippen LogP contribution in [0.4, 0.5) is 0 Å². The number of nitrogens with zero attached hydrogens (tertiary/aromatic N) is 1. The highest BCUT2D eigenvalue weighted by Gasteiger charge is 2.44. The highest BCUT2D eigenvalue weighted by molar-refractivity contribution is 5.82. The van der Waals surface area contributed by atoms with Crippen molar-refractivity contribution >= 4 is 5.91 Å². The first-order valence-corrected chi connectivity index (χ1v) is 7.74. The van der Waals surface area contributed by atoms with Gasteiger partial charge in [0.25, 0.3) is 0 Å². The minimum atomic E-state index is 0.356. The molecule has 0 heterocycles. The van der Waals surface area contributed by atoms with Crippen molar-refractivity contribution in [3.8, 4) is 0 Å². The van der Waals surface area contributed by atoms with Crippen molar-refractivity contribution in [3.05, 3.63) is 35.4 Å². The SMILES string of the molecule is O=C(C1CC1)N(C1CC1)[C@H]1CCCc2ccccc21. The molecule has 0 saturated heterocycles. The first-order chi connectivity index (χ1) is 9.34. The molecule has 0 bridgehead atoms. The Bertz CT molecular complexity index is 502. The molecule has 0 radical (unpaired) electrons. The zero-order chi connectivity index (χ0) is 12.8. The van der Waals surface area contributed by atoms with Crippen LogP contribution in [-0.4, -0.2) is 16.8 Å². The first kappa shape index (κ1) is 11.5. The molecular formula is C17H21NO. The molecule has 0 aromatic heterocycles. The average Bonchev–Trinajstić information content (AvgIpc) is 3.30. The van der Waals surface area contributed by atoms with Crippen molar-refractivity contribution in [2.75, 3.05) is 0 Å². The van der Waals surface area contributed by atoms with Gasteiger partial charge in [-0.1, -0.05) is 24.3 Å². The Hall–Kier alpha value is -1.31. The maximum Gasteiger partial charge on any atom is 0.226 e. The lowest BCUT2D eigenvalue weighted by molar-refractivity contribution is -0.136. The number of benzene rings is 1. The van der Waals surface area contributed by atoms with Gasteiger partial charge in [0, 0.05) is 12.0 Å². The fourth-order valence-electron chi connectivity index (χ4n) is 3.50. The Morgan fingerprint density at radius 1 is 1.05 bits per heavy atom. The van der Waals surface area contributed by atoms with Gasteiger partial charge in [-0.25, -0.2) is 0 Å². The van der Waals surface area contributed by atoms with Crippen molar-refractivity contribution in [2.24, 2.45) is 5.92 Å². The van der Waals surface area contributed by atoms with Gasteiger partial charge in [-0.15, -0.1) is 0 Å². The molecule has 2 saturated carbocycles. The number of hydrogen-bond acceptors (Lipinski definition) is 1. The van der Waals surface area contributed by atoms with Crippen molar-refractivity contribution in [1.29, 1.82) is 0 Å². The van der Waals surface area contributed by atoms with E-state index in [-0.39, 0.29) is 0 Å². The maximum atomic E-state index is 12.6. The Balaban J connectivity index is 1.68. The van der Waals surface area contributed by atoms with Crippen LogP contribution in [0.15, 0.2) is 24.3 Å². The quantitative estimate of drug-likeness (QED) is 0.810. The molecular weight excluding hydrogens is 234 g/mol. The van der Waals surface area contributed by atoms with Crippen molar-refractivity contribution in [3.63, 3.8) is 0 Å². The monoisotopic (exact) mass is 255 g/mol. The van der Waals surface area contributed by atoms with E-state index in [1.807, 2.05) is 0 Å². The van der Waals surface area contributed by atoms with Crippen molar-refractivity contribution in [2.45, 2.75) is 57.0 Å². The maximum absolute atomic E-state index is 12.6.